The highest BCUT2D eigenvalue weighted by molar-refractivity contribution is 5.77. The van der Waals surface area contributed by atoms with E-state index in [0.717, 1.165) is 23.8 Å². The van der Waals surface area contributed by atoms with E-state index < -0.39 is 23.0 Å². The van der Waals surface area contributed by atoms with Gasteiger partial charge in [-0.25, -0.2) is 14.2 Å². The van der Waals surface area contributed by atoms with Crippen molar-refractivity contribution in [3.05, 3.63) is 74.6 Å². The molecule has 1 saturated carbocycles. The Morgan fingerprint density at radius 3 is 2.41 bits per heavy atom. The van der Waals surface area contributed by atoms with Crippen molar-refractivity contribution >= 4 is 11.2 Å². The summed E-state index contributed by atoms with van der Waals surface area (Å²) in [7, 11) is 0. The molecule has 0 amide bonds. The zero-order valence-electron chi connectivity index (χ0n) is 20.4. The SMILES string of the molecule is CCn1c(=O)n(CCCO)c(=O)c2c1nc(-c1ccc(OC3CCC3)nc1F)n2Cc1ccc(F)cc1. The molecule has 1 N–H and O–H groups in total. The Morgan fingerprint density at radius 2 is 1.78 bits per heavy atom. The first-order valence-electron chi connectivity index (χ1n) is 12.3. The van der Waals surface area contributed by atoms with E-state index in [4.69, 9.17) is 4.74 Å². The fraction of sp³-hybridized carbons (Fsp3) is 0.385. The second-order valence-corrected chi connectivity index (χ2v) is 9.04. The molecule has 194 valence electrons. The molecule has 0 unspecified atom stereocenters. The van der Waals surface area contributed by atoms with Crippen LogP contribution in [0.1, 0.15) is 38.2 Å². The van der Waals surface area contributed by atoms with Crippen molar-refractivity contribution in [2.75, 3.05) is 6.61 Å². The molecule has 1 aliphatic rings. The molecule has 1 aromatic carbocycles. The van der Waals surface area contributed by atoms with E-state index in [1.807, 2.05) is 0 Å². The Labute approximate surface area is 210 Å². The molecule has 37 heavy (non-hydrogen) atoms. The molecule has 1 fully saturated rings. The number of hydrogen-bond donors (Lipinski definition) is 1. The molecule has 11 heteroatoms. The Balaban J connectivity index is 1.72. The second-order valence-electron chi connectivity index (χ2n) is 9.04. The average Bonchev–Trinajstić information content (AvgIpc) is 3.22. The van der Waals surface area contributed by atoms with Crippen LogP contribution in [0.5, 0.6) is 5.88 Å². The highest BCUT2D eigenvalue weighted by Gasteiger charge is 2.25. The highest BCUT2D eigenvalue weighted by atomic mass is 19.1. The van der Waals surface area contributed by atoms with Gasteiger partial charge in [0.05, 0.1) is 5.56 Å². The van der Waals surface area contributed by atoms with Gasteiger partial charge in [-0.05, 0) is 56.4 Å². The number of fused-ring (bicyclic) bond motifs is 1. The number of nitrogens with zero attached hydrogens (tertiary/aromatic N) is 5. The summed E-state index contributed by atoms with van der Waals surface area (Å²) in [4.78, 5) is 35.2. The number of aromatic nitrogens is 5. The molecular formula is C26H27F2N5O4. The molecular weight excluding hydrogens is 484 g/mol. The quantitative estimate of drug-likeness (QED) is 0.347. The minimum Gasteiger partial charge on any atom is -0.474 e. The minimum atomic E-state index is -0.821. The van der Waals surface area contributed by atoms with E-state index in [0.29, 0.717) is 5.56 Å². The van der Waals surface area contributed by atoms with Crippen molar-refractivity contribution in [3.8, 4) is 17.3 Å². The van der Waals surface area contributed by atoms with Gasteiger partial charge >= 0.3 is 5.69 Å². The third-order valence-electron chi connectivity index (χ3n) is 6.63. The van der Waals surface area contributed by atoms with Crippen molar-refractivity contribution in [3.63, 3.8) is 0 Å². The van der Waals surface area contributed by atoms with Crippen LogP contribution < -0.4 is 16.0 Å². The van der Waals surface area contributed by atoms with Crippen LogP contribution in [-0.2, 0) is 19.6 Å². The van der Waals surface area contributed by atoms with E-state index in [1.54, 1.807) is 25.1 Å². The summed E-state index contributed by atoms with van der Waals surface area (Å²) in [5.74, 6) is -0.955. The normalized spacial score (nSPS) is 13.7. The predicted octanol–water partition coefficient (Wildman–Crippen LogP) is 3.08. The van der Waals surface area contributed by atoms with Crippen LogP contribution in [0.15, 0.2) is 46.0 Å². The van der Waals surface area contributed by atoms with Gasteiger partial charge in [-0.15, -0.1) is 0 Å². The van der Waals surface area contributed by atoms with Crippen molar-refractivity contribution in [2.24, 2.45) is 0 Å². The molecule has 0 radical (unpaired) electrons. The standard InChI is InChI=1S/C26H27F2N5O4/c1-2-31-24-21(25(35)32(26(31)36)13-4-14-34)33(15-16-7-9-17(27)10-8-16)23(30-24)19-11-12-20(29-22(19)28)37-18-5-3-6-18/h7-12,18,34H,2-6,13-15H2,1H3. The van der Waals surface area contributed by atoms with Gasteiger partial charge in [-0.2, -0.15) is 9.37 Å². The Hall–Kier alpha value is -3.86. The number of ether oxygens (including phenoxy) is 1. The lowest BCUT2D eigenvalue weighted by Crippen LogP contribution is -2.40. The fourth-order valence-electron chi connectivity index (χ4n) is 4.44. The van der Waals surface area contributed by atoms with Gasteiger partial charge in [0.25, 0.3) is 5.56 Å². The lowest BCUT2D eigenvalue weighted by molar-refractivity contribution is 0.113. The van der Waals surface area contributed by atoms with Crippen LogP contribution in [0.25, 0.3) is 22.6 Å². The fourth-order valence-corrected chi connectivity index (χ4v) is 4.44. The van der Waals surface area contributed by atoms with Crippen molar-refractivity contribution in [1.29, 1.82) is 0 Å². The van der Waals surface area contributed by atoms with Gasteiger partial charge in [0.1, 0.15) is 17.7 Å². The molecule has 0 atom stereocenters. The smallest absolute Gasteiger partial charge is 0.332 e. The van der Waals surface area contributed by atoms with Crippen LogP contribution >= 0.6 is 0 Å². The van der Waals surface area contributed by atoms with E-state index in [1.165, 1.54) is 27.3 Å². The van der Waals surface area contributed by atoms with E-state index in [2.05, 4.69) is 9.97 Å². The summed E-state index contributed by atoms with van der Waals surface area (Å²) in [6, 6.07) is 8.78. The van der Waals surface area contributed by atoms with Crippen LogP contribution in [0.3, 0.4) is 0 Å². The van der Waals surface area contributed by atoms with Gasteiger partial charge < -0.3 is 14.4 Å². The Bertz CT molecular complexity index is 1550. The van der Waals surface area contributed by atoms with Crippen molar-refractivity contribution in [1.82, 2.24) is 23.7 Å². The third kappa shape index (κ3) is 4.66. The first-order valence-corrected chi connectivity index (χ1v) is 12.3. The zero-order chi connectivity index (χ0) is 26.1. The summed E-state index contributed by atoms with van der Waals surface area (Å²) in [5.41, 5.74) is -0.255. The third-order valence-corrected chi connectivity index (χ3v) is 6.63. The molecule has 1 aliphatic carbocycles. The Morgan fingerprint density at radius 1 is 1.03 bits per heavy atom. The first-order chi connectivity index (χ1) is 17.9. The summed E-state index contributed by atoms with van der Waals surface area (Å²) < 4.78 is 38.5. The van der Waals surface area contributed by atoms with Crippen LogP contribution in [0.2, 0.25) is 0 Å². The summed E-state index contributed by atoms with van der Waals surface area (Å²) >= 11 is 0. The molecule has 4 aromatic rings. The van der Waals surface area contributed by atoms with Crippen LogP contribution in [0.4, 0.5) is 8.78 Å². The maximum atomic E-state index is 15.3. The number of aliphatic hydroxyl groups is 1. The molecule has 5 rings (SSSR count). The number of pyridine rings is 1. The number of hydrogen-bond acceptors (Lipinski definition) is 6. The molecule has 0 bridgehead atoms. The predicted molar refractivity (Wildman–Crippen MR) is 133 cm³/mol. The number of rotatable bonds is 9. The van der Waals surface area contributed by atoms with Crippen molar-refractivity contribution < 1.29 is 18.6 Å². The van der Waals surface area contributed by atoms with E-state index in [-0.39, 0.29) is 67.2 Å². The lowest BCUT2D eigenvalue weighted by atomic mass is 9.96. The maximum Gasteiger partial charge on any atom is 0.332 e. The molecule has 3 aromatic heterocycles. The van der Waals surface area contributed by atoms with E-state index >= 15 is 4.39 Å². The summed E-state index contributed by atoms with van der Waals surface area (Å²) in [6.07, 6.45) is 3.10. The first kappa shape index (κ1) is 24.8. The van der Waals surface area contributed by atoms with Gasteiger partial charge in [0.2, 0.25) is 11.8 Å². The summed E-state index contributed by atoms with van der Waals surface area (Å²) in [5, 5.41) is 9.27. The topological polar surface area (TPSA) is 104 Å². The largest absolute Gasteiger partial charge is 0.474 e. The summed E-state index contributed by atoms with van der Waals surface area (Å²) in [6.45, 7) is 1.86. The Kier molecular flexibility index (Phi) is 6.88. The molecule has 0 saturated heterocycles. The van der Waals surface area contributed by atoms with Gasteiger partial charge in [-0.1, -0.05) is 12.1 Å². The van der Waals surface area contributed by atoms with Gasteiger partial charge in [0, 0.05) is 32.3 Å². The van der Waals surface area contributed by atoms with Gasteiger partial charge in [-0.3, -0.25) is 13.9 Å². The molecule has 0 spiro atoms. The number of aliphatic hydroxyl groups excluding tert-OH is 1. The molecule has 9 nitrogen and oxygen atoms in total. The maximum absolute atomic E-state index is 15.3. The number of halogens is 2. The zero-order valence-corrected chi connectivity index (χ0v) is 20.4. The highest BCUT2D eigenvalue weighted by Crippen LogP contribution is 2.29. The minimum absolute atomic E-state index is 0.0181. The van der Waals surface area contributed by atoms with Crippen LogP contribution in [0, 0.1) is 11.8 Å². The monoisotopic (exact) mass is 511 g/mol. The molecule has 0 aliphatic heterocycles. The van der Waals surface area contributed by atoms with Crippen molar-refractivity contribution in [2.45, 2.75) is 58.3 Å². The molecule has 3 heterocycles. The second kappa shape index (κ2) is 10.3. The average molecular weight is 512 g/mol. The number of benzene rings is 1. The van der Waals surface area contributed by atoms with Gasteiger partial charge in [0.15, 0.2) is 11.2 Å². The lowest BCUT2D eigenvalue weighted by Gasteiger charge is -2.25. The number of imidazole rings is 1. The van der Waals surface area contributed by atoms with E-state index in [9.17, 15) is 19.1 Å². The van der Waals surface area contributed by atoms with Crippen LogP contribution in [-0.4, -0.2) is 41.5 Å². The number of aryl methyl sites for hydroxylation is 1.